The van der Waals surface area contributed by atoms with Crippen molar-refractivity contribution in [3.05, 3.63) is 76.7 Å². The molecule has 0 saturated heterocycles. The fraction of sp³-hybridized carbons (Fsp3) is 0.200. The molecule has 188 valence electrons. The number of nitrogens with zero attached hydrogens (tertiary/aromatic N) is 2. The van der Waals surface area contributed by atoms with Gasteiger partial charge in [-0.15, -0.1) is 0 Å². The van der Waals surface area contributed by atoms with Crippen molar-refractivity contribution in [2.75, 3.05) is 11.3 Å². The first-order chi connectivity index (χ1) is 17.1. The number of carboxylic acids is 1. The van der Waals surface area contributed by atoms with Crippen LogP contribution in [0.15, 0.2) is 70.4 Å². The van der Waals surface area contributed by atoms with Gasteiger partial charge in [-0.05, 0) is 48.9 Å². The number of imidazole rings is 1. The van der Waals surface area contributed by atoms with Crippen LogP contribution in [-0.4, -0.2) is 35.2 Å². The molecule has 0 spiro atoms. The van der Waals surface area contributed by atoms with Gasteiger partial charge in [0.2, 0.25) is 0 Å². The summed E-state index contributed by atoms with van der Waals surface area (Å²) in [6, 6.07) is 14.9. The topological polar surface area (TPSA) is 129 Å². The smallest absolute Gasteiger partial charge is 0.335 e. The van der Waals surface area contributed by atoms with Gasteiger partial charge in [0.05, 0.1) is 33.8 Å². The third kappa shape index (κ3) is 4.91. The highest BCUT2D eigenvalue weighted by Crippen LogP contribution is 2.36. The maximum atomic E-state index is 13.1. The van der Waals surface area contributed by atoms with Gasteiger partial charge in [0.15, 0.2) is 5.75 Å². The summed E-state index contributed by atoms with van der Waals surface area (Å²) in [7, 11) is -0.919. The van der Waals surface area contributed by atoms with Crippen molar-refractivity contribution in [2.45, 2.75) is 18.2 Å². The van der Waals surface area contributed by atoms with E-state index < -0.39 is 16.0 Å². The lowest BCUT2D eigenvalue weighted by atomic mass is 10.2. The minimum Gasteiger partial charge on any atom is -0.493 e. The normalized spacial score (nSPS) is 11.4. The van der Waals surface area contributed by atoms with Crippen molar-refractivity contribution in [1.82, 2.24) is 9.13 Å². The Morgan fingerprint density at radius 1 is 0.972 bits per heavy atom. The van der Waals surface area contributed by atoms with Crippen molar-refractivity contribution >= 4 is 32.7 Å². The number of nitrogens with one attached hydrogen (secondary N) is 1. The minimum absolute atomic E-state index is 0.0381. The largest absolute Gasteiger partial charge is 0.493 e. The van der Waals surface area contributed by atoms with Crippen LogP contribution in [0.5, 0.6) is 17.2 Å². The second-order valence-corrected chi connectivity index (χ2v) is 9.78. The molecular weight excluding hydrogens is 486 g/mol. The van der Waals surface area contributed by atoms with E-state index in [-0.39, 0.29) is 27.6 Å². The zero-order valence-electron chi connectivity index (χ0n) is 19.9. The minimum atomic E-state index is -4.12. The molecular formula is C25H25N3O7S. The maximum Gasteiger partial charge on any atom is 0.335 e. The van der Waals surface area contributed by atoms with Crippen LogP contribution in [0.2, 0.25) is 0 Å². The number of aryl methyl sites for hydroxylation is 2. The lowest BCUT2D eigenvalue weighted by molar-refractivity contribution is 0.0696. The molecule has 10 nitrogen and oxygen atoms in total. The summed E-state index contributed by atoms with van der Waals surface area (Å²) >= 11 is 0. The number of anilines is 1. The number of aromatic nitrogens is 2. The summed E-state index contributed by atoms with van der Waals surface area (Å²) in [5.74, 6) is 0.0172. The van der Waals surface area contributed by atoms with Gasteiger partial charge in [-0.3, -0.25) is 13.9 Å². The first-order valence-corrected chi connectivity index (χ1v) is 12.6. The summed E-state index contributed by atoms with van der Waals surface area (Å²) in [6.45, 7) is 2.53. The van der Waals surface area contributed by atoms with Crippen molar-refractivity contribution < 1.29 is 27.8 Å². The van der Waals surface area contributed by atoms with E-state index in [1.807, 2.05) is 6.92 Å². The maximum absolute atomic E-state index is 13.1. The molecule has 0 unspecified atom stereocenters. The van der Waals surface area contributed by atoms with Gasteiger partial charge in [-0.2, -0.15) is 0 Å². The van der Waals surface area contributed by atoms with Crippen molar-refractivity contribution in [1.29, 1.82) is 0 Å². The SMILES string of the molecule is CCCOc1cccc(Oc2cc3c(cc2NS(=O)(=O)c2ccc(C(=O)O)cc2)n(C)c(=O)n3C)c1. The molecule has 3 aromatic carbocycles. The molecule has 2 N–H and O–H groups in total. The summed E-state index contributed by atoms with van der Waals surface area (Å²) in [6.07, 6.45) is 0.836. The van der Waals surface area contributed by atoms with Gasteiger partial charge >= 0.3 is 11.7 Å². The summed E-state index contributed by atoms with van der Waals surface area (Å²) < 4.78 is 43.4. The highest BCUT2D eigenvalue weighted by Gasteiger charge is 2.21. The number of sulfonamides is 1. The van der Waals surface area contributed by atoms with E-state index in [4.69, 9.17) is 14.6 Å². The molecule has 0 aliphatic rings. The number of carbonyl (C=O) groups is 1. The number of benzene rings is 3. The quantitative estimate of drug-likeness (QED) is 0.348. The Morgan fingerprint density at radius 2 is 1.61 bits per heavy atom. The molecule has 0 aliphatic carbocycles. The van der Waals surface area contributed by atoms with E-state index in [9.17, 15) is 18.0 Å². The van der Waals surface area contributed by atoms with Gasteiger partial charge in [0.25, 0.3) is 10.0 Å². The van der Waals surface area contributed by atoms with E-state index in [1.54, 1.807) is 44.4 Å². The predicted molar refractivity (Wildman–Crippen MR) is 135 cm³/mol. The number of ether oxygens (including phenoxy) is 2. The van der Waals surface area contributed by atoms with Gasteiger partial charge < -0.3 is 14.6 Å². The third-order valence-electron chi connectivity index (χ3n) is 5.54. The second-order valence-electron chi connectivity index (χ2n) is 8.10. The molecule has 4 rings (SSSR count). The van der Waals surface area contributed by atoms with E-state index in [0.29, 0.717) is 29.1 Å². The number of carboxylic acid groups (broad SMARTS) is 1. The Bertz CT molecular complexity index is 1600. The van der Waals surface area contributed by atoms with Crippen LogP contribution in [0.25, 0.3) is 11.0 Å². The Kier molecular flexibility index (Phi) is 6.75. The molecule has 4 aromatic rings. The number of hydrogen-bond acceptors (Lipinski definition) is 6. The van der Waals surface area contributed by atoms with Crippen LogP contribution in [0.3, 0.4) is 0 Å². The molecule has 1 heterocycles. The Hall–Kier alpha value is -4.25. The van der Waals surface area contributed by atoms with E-state index in [2.05, 4.69) is 4.72 Å². The zero-order chi connectivity index (χ0) is 26.0. The average Bonchev–Trinajstić information content (AvgIpc) is 3.06. The first-order valence-electron chi connectivity index (χ1n) is 11.1. The third-order valence-corrected chi connectivity index (χ3v) is 6.92. The average molecular weight is 512 g/mol. The molecule has 11 heteroatoms. The van der Waals surface area contributed by atoms with Crippen LogP contribution in [0.4, 0.5) is 5.69 Å². The van der Waals surface area contributed by atoms with Crippen LogP contribution in [0.1, 0.15) is 23.7 Å². The molecule has 0 fully saturated rings. The number of fused-ring (bicyclic) bond motifs is 1. The molecule has 0 amide bonds. The molecule has 0 bridgehead atoms. The van der Waals surface area contributed by atoms with Gasteiger partial charge in [-0.25, -0.2) is 18.0 Å². The molecule has 0 aliphatic heterocycles. The predicted octanol–water partition coefficient (Wildman–Crippen LogP) is 3.96. The lowest BCUT2D eigenvalue weighted by Gasteiger charge is -2.15. The van der Waals surface area contributed by atoms with Crippen LogP contribution < -0.4 is 19.9 Å². The fourth-order valence-electron chi connectivity index (χ4n) is 3.64. The Morgan fingerprint density at radius 3 is 2.25 bits per heavy atom. The Labute approximate surface area is 207 Å². The van der Waals surface area contributed by atoms with Crippen LogP contribution in [0, 0.1) is 0 Å². The van der Waals surface area contributed by atoms with E-state index in [1.165, 1.54) is 39.5 Å². The molecule has 0 atom stereocenters. The highest BCUT2D eigenvalue weighted by molar-refractivity contribution is 7.92. The fourth-order valence-corrected chi connectivity index (χ4v) is 4.71. The van der Waals surface area contributed by atoms with Gasteiger partial charge in [0, 0.05) is 26.2 Å². The summed E-state index contributed by atoms with van der Waals surface area (Å²) in [5, 5.41) is 9.09. The monoisotopic (exact) mass is 511 g/mol. The van der Waals surface area contributed by atoms with Gasteiger partial charge in [-0.1, -0.05) is 13.0 Å². The molecule has 1 aromatic heterocycles. The van der Waals surface area contributed by atoms with Crippen molar-refractivity contribution in [3.8, 4) is 17.2 Å². The zero-order valence-corrected chi connectivity index (χ0v) is 20.7. The highest BCUT2D eigenvalue weighted by atomic mass is 32.2. The Balaban J connectivity index is 1.78. The summed E-state index contributed by atoms with van der Waals surface area (Å²) in [4.78, 5) is 23.5. The van der Waals surface area contributed by atoms with E-state index in [0.717, 1.165) is 6.42 Å². The first kappa shape index (κ1) is 24.9. The van der Waals surface area contributed by atoms with E-state index >= 15 is 0 Å². The lowest BCUT2D eigenvalue weighted by Crippen LogP contribution is -2.19. The number of aromatic carboxylic acids is 1. The van der Waals surface area contributed by atoms with Crippen LogP contribution in [-0.2, 0) is 24.1 Å². The molecule has 0 saturated carbocycles. The standard InChI is InChI=1S/C25H25N3O7S/c1-4-12-34-17-6-5-7-18(13-17)35-23-15-22-21(27(2)25(31)28(22)3)14-20(23)26-36(32,33)19-10-8-16(9-11-19)24(29)30/h5-11,13-15,26H,4,12H2,1-3H3,(H,29,30). The summed E-state index contributed by atoms with van der Waals surface area (Å²) in [5.41, 5.74) is 0.823. The number of hydrogen-bond donors (Lipinski definition) is 2. The number of rotatable bonds is 9. The van der Waals surface area contributed by atoms with Crippen molar-refractivity contribution in [2.24, 2.45) is 14.1 Å². The van der Waals surface area contributed by atoms with Gasteiger partial charge in [0.1, 0.15) is 11.5 Å². The van der Waals surface area contributed by atoms with Crippen LogP contribution >= 0.6 is 0 Å². The second kappa shape index (κ2) is 9.78. The molecule has 36 heavy (non-hydrogen) atoms. The van der Waals surface area contributed by atoms with Crippen molar-refractivity contribution in [3.63, 3.8) is 0 Å². The molecule has 0 radical (unpaired) electrons.